The van der Waals surface area contributed by atoms with Crippen molar-refractivity contribution in [2.75, 3.05) is 6.61 Å². The summed E-state index contributed by atoms with van der Waals surface area (Å²) in [6.07, 6.45) is 4.85. The molecule has 0 aromatic carbocycles. The summed E-state index contributed by atoms with van der Waals surface area (Å²) >= 11 is 0. The molecule has 0 aromatic rings. The molecule has 0 saturated heterocycles. The van der Waals surface area contributed by atoms with Crippen molar-refractivity contribution in [3.8, 4) is 0 Å². The van der Waals surface area contributed by atoms with Gasteiger partial charge in [-0.3, -0.25) is 4.79 Å². The largest absolute Gasteiger partial charge is 0.396 e. The fourth-order valence-corrected chi connectivity index (χ4v) is 2.65. The Morgan fingerprint density at radius 1 is 1.56 bits per heavy atom. The highest BCUT2D eigenvalue weighted by molar-refractivity contribution is 5.80. The Balaban J connectivity index is 2.51. The van der Waals surface area contributed by atoms with Gasteiger partial charge in [-0.05, 0) is 31.1 Å². The van der Waals surface area contributed by atoms with Crippen molar-refractivity contribution in [1.29, 1.82) is 0 Å². The van der Waals surface area contributed by atoms with Crippen LogP contribution in [0.25, 0.3) is 0 Å². The molecule has 1 rings (SSSR count). The lowest BCUT2D eigenvalue weighted by Crippen LogP contribution is -2.42. The first-order valence-electron chi connectivity index (χ1n) is 6.42. The molecule has 2 unspecified atom stereocenters. The van der Waals surface area contributed by atoms with Gasteiger partial charge >= 0.3 is 0 Å². The highest BCUT2D eigenvalue weighted by atomic mass is 16.3. The zero-order valence-electron chi connectivity index (χ0n) is 10.8. The zero-order valence-corrected chi connectivity index (χ0v) is 10.8. The number of hydrogen-bond donors (Lipinski definition) is 2. The van der Waals surface area contributed by atoms with E-state index < -0.39 is 0 Å². The number of rotatable bonds is 5. The third-order valence-electron chi connectivity index (χ3n) is 3.89. The predicted octanol–water partition coefficient (Wildman–Crippen LogP) is 2.09. The summed E-state index contributed by atoms with van der Waals surface area (Å²) in [7, 11) is 0. The van der Waals surface area contributed by atoms with Crippen LogP contribution in [0, 0.1) is 11.3 Å². The fraction of sp³-hybridized carbons (Fsp3) is 0.923. The van der Waals surface area contributed by atoms with Crippen molar-refractivity contribution in [1.82, 2.24) is 5.32 Å². The fourth-order valence-electron chi connectivity index (χ4n) is 2.65. The Morgan fingerprint density at radius 2 is 2.25 bits per heavy atom. The number of aliphatic hydroxyl groups is 1. The molecule has 1 amide bonds. The monoisotopic (exact) mass is 227 g/mol. The maximum absolute atomic E-state index is 12.1. The van der Waals surface area contributed by atoms with E-state index >= 15 is 0 Å². The first-order chi connectivity index (χ1) is 7.51. The molecule has 3 heteroatoms. The minimum Gasteiger partial charge on any atom is -0.396 e. The molecule has 0 radical (unpaired) electrons. The van der Waals surface area contributed by atoms with Crippen molar-refractivity contribution >= 4 is 5.91 Å². The van der Waals surface area contributed by atoms with Crippen LogP contribution in [-0.4, -0.2) is 23.7 Å². The highest BCUT2D eigenvalue weighted by Gasteiger charge is 2.39. The van der Waals surface area contributed by atoms with E-state index in [0.29, 0.717) is 6.42 Å². The number of carbonyl (C=O) groups excluding carboxylic acids is 1. The topological polar surface area (TPSA) is 49.3 Å². The second kappa shape index (κ2) is 5.67. The number of amides is 1. The Hall–Kier alpha value is -0.570. The van der Waals surface area contributed by atoms with E-state index in [0.717, 1.165) is 25.7 Å². The van der Waals surface area contributed by atoms with Gasteiger partial charge in [-0.2, -0.15) is 0 Å². The van der Waals surface area contributed by atoms with Gasteiger partial charge in [0.25, 0.3) is 0 Å². The molecule has 2 N–H and O–H groups in total. The third kappa shape index (κ3) is 3.21. The van der Waals surface area contributed by atoms with Gasteiger partial charge in [-0.25, -0.2) is 0 Å². The summed E-state index contributed by atoms with van der Waals surface area (Å²) in [5.74, 6) is 0.336. The molecular formula is C13H25NO2. The maximum atomic E-state index is 12.1. The van der Waals surface area contributed by atoms with Gasteiger partial charge in [0, 0.05) is 18.6 Å². The van der Waals surface area contributed by atoms with Gasteiger partial charge < -0.3 is 10.4 Å². The minimum atomic E-state index is 0.133. The number of carbonyl (C=O) groups is 1. The number of hydrogen-bond acceptors (Lipinski definition) is 2. The van der Waals surface area contributed by atoms with Gasteiger partial charge in [0.2, 0.25) is 5.91 Å². The van der Waals surface area contributed by atoms with Crippen LogP contribution in [0.15, 0.2) is 0 Å². The van der Waals surface area contributed by atoms with Crippen LogP contribution in [0.5, 0.6) is 0 Å². The summed E-state index contributed by atoms with van der Waals surface area (Å²) in [5.41, 5.74) is 0.140. The quantitative estimate of drug-likeness (QED) is 0.755. The van der Waals surface area contributed by atoms with Crippen molar-refractivity contribution in [3.63, 3.8) is 0 Å². The maximum Gasteiger partial charge on any atom is 0.223 e. The number of aliphatic hydroxyl groups excluding tert-OH is 1. The molecular weight excluding hydrogens is 202 g/mol. The lowest BCUT2D eigenvalue weighted by Gasteiger charge is -2.28. The van der Waals surface area contributed by atoms with Crippen molar-refractivity contribution in [2.24, 2.45) is 11.3 Å². The number of nitrogens with one attached hydrogen (secondary N) is 1. The predicted molar refractivity (Wildman–Crippen MR) is 65.0 cm³/mol. The van der Waals surface area contributed by atoms with Crippen molar-refractivity contribution < 1.29 is 9.90 Å². The lowest BCUT2D eigenvalue weighted by atomic mass is 9.81. The van der Waals surface area contributed by atoms with Gasteiger partial charge in [0.1, 0.15) is 0 Å². The molecule has 1 fully saturated rings. The van der Waals surface area contributed by atoms with Crippen LogP contribution in [0.2, 0.25) is 0 Å². The molecule has 0 aromatic heterocycles. The van der Waals surface area contributed by atoms with Gasteiger partial charge in [0.05, 0.1) is 0 Å². The molecule has 0 heterocycles. The Kier molecular flexibility index (Phi) is 4.78. The Labute approximate surface area is 98.6 Å². The smallest absolute Gasteiger partial charge is 0.223 e. The second-order valence-electron chi connectivity index (χ2n) is 5.56. The van der Waals surface area contributed by atoms with Gasteiger partial charge in [-0.1, -0.05) is 27.2 Å². The van der Waals surface area contributed by atoms with E-state index in [9.17, 15) is 4.79 Å². The molecule has 0 spiro atoms. The lowest BCUT2D eigenvalue weighted by molar-refractivity contribution is -0.128. The van der Waals surface area contributed by atoms with Crippen LogP contribution in [0.1, 0.15) is 52.9 Å². The molecule has 0 bridgehead atoms. The SMILES string of the molecule is CCC(CCO)NC(=O)C1CCCC1(C)C. The highest BCUT2D eigenvalue weighted by Crippen LogP contribution is 2.42. The summed E-state index contributed by atoms with van der Waals surface area (Å²) in [6.45, 7) is 6.54. The van der Waals surface area contributed by atoms with E-state index in [-0.39, 0.29) is 29.9 Å². The van der Waals surface area contributed by atoms with Crippen LogP contribution in [0.3, 0.4) is 0 Å². The molecule has 1 saturated carbocycles. The van der Waals surface area contributed by atoms with E-state index in [1.807, 2.05) is 6.92 Å². The van der Waals surface area contributed by atoms with Crippen LogP contribution < -0.4 is 5.32 Å². The molecule has 1 aliphatic carbocycles. The van der Waals surface area contributed by atoms with E-state index in [4.69, 9.17) is 5.11 Å². The first-order valence-corrected chi connectivity index (χ1v) is 6.42. The van der Waals surface area contributed by atoms with Gasteiger partial charge in [0.15, 0.2) is 0 Å². The zero-order chi connectivity index (χ0) is 12.2. The Morgan fingerprint density at radius 3 is 2.69 bits per heavy atom. The first kappa shape index (κ1) is 13.5. The second-order valence-corrected chi connectivity index (χ2v) is 5.56. The van der Waals surface area contributed by atoms with E-state index in [1.54, 1.807) is 0 Å². The standard InChI is InChI=1S/C13H25NO2/c1-4-10(7-9-15)14-12(16)11-6-5-8-13(11,2)3/h10-11,15H,4-9H2,1-3H3,(H,14,16). The van der Waals surface area contributed by atoms with Crippen LogP contribution in [-0.2, 0) is 4.79 Å². The van der Waals surface area contributed by atoms with Gasteiger partial charge in [-0.15, -0.1) is 0 Å². The average Bonchev–Trinajstić information content (AvgIpc) is 2.57. The molecule has 1 aliphatic rings. The summed E-state index contributed by atoms with van der Waals surface area (Å²) in [4.78, 5) is 12.1. The normalized spacial score (nSPS) is 25.4. The van der Waals surface area contributed by atoms with E-state index in [1.165, 1.54) is 0 Å². The average molecular weight is 227 g/mol. The van der Waals surface area contributed by atoms with E-state index in [2.05, 4.69) is 19.2 Å². The minimum absolute atomic E-state index is 0.133. The molecule has 16 heavy (non-hydrogen) atoms. The molecule has 3 nitrogen and oxygen atoms in total. The molecule has 0 aliphatic heterocycles. The van der Waals surface area contributed by atoms with Crippen molar-refractivity contribution in [2.45, 2.75) is 58.9 Å². The summed E-state index contributed by atoms with van der Waals surface area (Å²) in [5, 5.41) is 12.0. The van der Waals surface area contributed by atoms with Crippen molar-refractivity contribution in [3.05, 3.63) is 0 Å². The Bertz CT molecular complexity index is 238. The molecule has 2 atom stereocenters. The summed E-state index contributed by atoms with van der Waals surface area (Å²) < 4.78 is 0. The molecule has 94 valence electrons. The van der Waals surface area contributed by atoms with Crippen LogP contribution >= 0.6 is 0 Å². The third-order valence-corrected chi connectivity index (χ3v) is 3.89. The summed E-state index contributed by atoms with van der Waals surface area (Å²) in [6, 6.07) is 0.133. The van der Waals surface area contributed by atoms with Crippen LogP contribution in [0.4, 0.5) is 0 Å².